The van der Waals surface area contributed by atoms with Gasteiger partial charge < -0.3 is 5.32 Å². The zero-order valence-electron chi connectivity index (χ0n) is 12.0. The maximum absolute atomic E-state index is 4.71. The first kappa shape index (κ1) is 14.2. The molecule has 0 atom stereocenters. The van der Waals surface area contributed by atoms with Gasteiger partial charge in [0.15, 0.2) is 0 Å². The smallest absolute Gasteiger partial charge is 0.105 e. The Morgan fingerprint density at radius 2 is 1.95 bits per heavy atom. The largest absolute Gasteiger partial charge is 0.316 e. The van der Waals surface area contributed by atoms with Gasteiger partial charge in [0.2, 0.25) is 0 Å². The average molecular weight is 275 g/mol. The van der Waals surface area contributed by atoms with Crippen molar-refractivity contribution in [1.82, 2.24) is 15.1 Å². The molecule has 2 aromatic rings. The molecule has 0 aliphatic rings. The minimum atomic E-state index is 0.536. The third kappa shape index (κ3) is 3.19. The van der Waals surface area contributed by atoms with Gasteiger partial charge >= 0.3 is 0 Å². The molecule has 1 aromatic carbocycles. The molecule has 0 unspecified atom stereocenters. The van der Waals surface area contributed by atoms with Crippen molar-refractivity contribution in [2.45, 2.75) is 37.6 Å². The molecule has 1 N–H and O–H groups in total. The number of hydrogen-bond donors (Lipinski definition) is 1. The Labute approximate surface area is 119 Å². The van der Waals surface area contributed by atoms with E-state index in [1.807, 2.05) is 37.0 Å². The summed E-state index contributed by atoms with van der Waals surface area (Å²) in [5, 5.41) is 9.72. The number of aromatic nitrogens is 2. The highest BCUT2D eigenvalue weighted by molar-refractivity contribution is 7.99. The van der Waals surface area contributed by atoms with E-state index in [0.29, 0.717) is 5.25 Å². The van der Waals surface area contributed by atoms with Gasteiger partial charge in [-0.25, -0.2) is 4.68 Å². The standard InChI is InChI=1S/C15H21N3S/c1-11(2)19-15-14(10-16-4)12(3)17-18(15)13-8-6-5-7-9-13/h5-9,11,16H,10H2,1-4H3. The SMILES string of the molecule is CNCc1c(C)nn(-c2ccccc2)c1SC(C)C. The summed E-state index contributed by atoms with van der Waals surface area (Å²) in [4.78, 5) is 0. The van der Waals surface area contributed by atoms with Crippen LogP contribution >= 0.6 is 11.8 Å². The summed E-state index contributed by atoms with van der Waals surface area (Å²) in [5.41, 5.74) is 3.52. The molecule has 2 rings (SSSR count). The predicted octanol–water partition coefficient (Wildman–Crippen LogP) is 3.40. The summed E-state index contributed by atoms with van der Waals surface area (Å²) in [6, 6.07) is 10.3. The van der Waals surface area contributed by atoms with Gasteiger partial charge in [-0.05, 0) is 26.1 Å². The molecule has 0 amide bonds. The van der Waals surface area contributed by atoms with E-state index in [1.54, 1.807) is 0 Å². The lowest BCUT2D eigenvalue weighted by molar-refractivity contribution is 0.764. The number of nitrogens with one attached hydrogen (secondary N) is 1. The molecule has 0 radical (unpaired) electrons. The molecule has 1 heterocycles. The number of thioether (sulfide) groups is 1. The fraction of sp³-hybridized carbons (Fsp3) is 0.400. The van der Waals surface area contributed by atoms with Gasteiger partial charge in [-0.15, -0.1) is 11.8 Å². The zero-order valence-corrected chi connectivity index (χ0v) is 12.8. The Morgan fingerprint density at radius 3 is 2.53 bits per heavy atom. The Morgan fingerprint density at radius 1 is 1.26 bits per heavy atom. The molecule has 0 saturated heterocycles. The van der Waals surface area contributed by atoms with E-state index < -0.39 is 0 Å². The van der Waals surface area contributed by atoms with E-state index >= 15 is 0 Å². The number of aryl methyl sites for hydroxylation is 1. The van der Waals surface area contributed by atoms with E-state index in [-0.39, 0.29) is 0 Å². The van der Waals surface area contributed by atoms with Crippen molar-refractivity contribution in [2.75, 3.05) is 7.05 Å². The second kappa shape index (κ2) is 6.26. The Kier molecular flexibility index (Phi) is 4.66. The molecule has 0 fully saturated rings. The third-order valence-electron chi connectivity index (χ3n) is 2.84. The van der Waals surface area contributed by atoms with Crippen LogP contribution in [0.15, 0.2) is 35.4 Å². The van der Waals surface area contributed by atoms with Crippen molar-refractivity contribution in [2.24, 2.45) is 0 Å². The summed E-state index contributed by atoms with van der Waals surface area (Å²) in [6.45, 7) is 7.36. The summed E-state index contributed by atoms with van der Waals surface area (Å²) in [7, 11) is 1.98. The fourth-order valence-corrected chi connectivity index (χ4v) is 3.06. The maximum atomic E-state index is 4.71. The van der Waals surface area contributed by atoms with Crippen LogP contribution in [0.4, 0.5) is 0 Å². The molecule has 19 heavy (non-hydrogen) atoms. The molecule has 4 heteroatoms. The second-order valence-electron chi connectivity index (χ2n) is 4.81. The van der Waals surface area contributed by atoms with Crippen LogP contribution in [0.3, 0.4) is 0 Å². The summed E-state index contributed by atoms with van der Waals surface area (Å²) >= 11 is 1.87. The van der Waals surface area contributed by atoms with Gasteiger partial charge in [0.05, 0.1) is 11.4 Å². The van der Waals surface area contributed by atoms with E-state index in [2.05, 4.69) is 42.9 Å². The van der Waals surface area contributed by atoms with Crippen molar-refractivity contribution in [3.05, 3.63) is 41.6 Å². The van der Waals surface area contributed by atoms with Gasteiger partial charge in [0.1, 0.15) is 5.03 Å². The van der Waals surface area contributed by atoms with E-state index in [9.17, 15) is 0 Å². The van der Waals surface area contributed by atoms with Gasteiger partial charge in [0, 0.05) is 17.4 Å². The first-order valence-electron chi connectivity index (χ1n) is 6.58. The van der Waals surface area contributed by atoms with Crippen LogP contribution in [0, 0.1) is 6.92 Å². The molecular weight excluding hydrogens is 254 g/mol. The van der Waals surface area contributed by atoms with Crippen molar-refractivity contribution in [1.29, 1.82) is 0 Å². The number of nitrogens with zero attached hydrogens (tertiary/aromatic N) is 2. The zero-order chi connectivity index (χ0) is 13.8. The lowest BCUT2D eigenvalue weighted by Gasteiger charge is -2.11. The molecule has 1 aromatic heterocycles. The van der Waals surface area contributed by atoms with Crippen LogP contribution in [0.1, 0.15) is 25.1 Å². The van der Waals surface area contributed by atoms with Crippen LogP contribution in [-0.2, 0) is 6.54 Å². The minimum Gasteiger partial charge on any atom is -0.316 e. The Balaban J connectivity index is 2.51. The van der Waals surface area contributed by atoms with Crippen molar-refractivity contribution < 1.29 is 0 Å². The summed E-state index contributed by atoms with van der Waals surface area (Å²) in [6.07, 6.45) is 0. The first-order chi connectivity index (χ1) is 9.13. The number of rotatable bonds is 5. The van der Waals surface area contributed by atoms with Gasteiger partial charge in [0.25, 0.3) is 0 Å². The molecule has 0 saturated carbocycles. The highest BCUT2D eigenvalue weighted by atomic mass is 32.2. The second-order valence-corrected chi connectivity index (χ2v) is 6.38. The molecule has 0 bridgehead atoms. The molecular formula is C15H21N3S. The van der Waals surface area contributed by atoms with Crippen molar-refractivity contribution in [3.8, 4) is 5.69 Å². The van der Waals surface area contributed by atoms with Crippen LogP contribution in [0.2, 0.25) is 0 Å². The van der Waals surface area contributed by atoms with Crippen molar-refractivity contribution in [3.63, 3.8) is 0 Å². The Bertz CT molecular complexity index is 532. The highest BCUT2D eigenvalue weighted by Gasteiger charge is 2.17. The lowest BCUT2D eigenvalue weighted by atomic mass is 10.2. The summed E-state index contributed by atoms with van der Waals surface area (Å²) in [5.74, 6) is 0. The van der Waals surface area contributed by atoms with E-state index in [0.717, 1.165) is 17.9 Å². The fourth-order valence-electron chi connectivity index (χ4n) is 2.01. The maximum Gasteiger partial charge on any atom is 0.105 e. The Hall–Kier alpha value is -1.26. The third-order valence-corrected chi connectivity index (χ3v) is 3.95. The van der Waals surface area contributed by atoms with Gasteiger partial charge in [-0.2, -0.15) is 5.10 Å². The quantitative estimate of drug-likeness (QED) is 0.848. The van der Waals surface area contributed by atoms with Crippen molar-refractivity contribution >= 4 is 11.8 Å². The number of para-hydroxylation sites is 1. The number of hydrogen-bond acceptors (Lipinski definition) is 3. The first-order valence-corrected chi connectivity index (χ1v) is 7.46. The minimum absolute atomic E-state index is 0.536. The van der Waals surface area contributed by atoms with Crippen LogP contribution < -0.4 is 5.32 Å². The molecule has 0 aliphatic heterocycles. The monoisotopic (exact) mass is 275 g/mol. The van der Waals surface area contributed by atoms with Gasteiger partial charge in [-0.1, -0.05) is 32.0 Å². The summed E-state index contributed by atoms with van der Waals surface area (Å²) < 4.78 is 2.06. The van der Waals surface area contributed by atoms with Crippen LogP contribution in [0.25, 0.3) is 5.69 Å². The molecule has 3 nitrogen and oxygen atoms in total. The average Bonchev–Trinajstić information content (AvgIpc) is 2.68. The molecule has 102 valence electrons. The lowest BCUT2D eigenvalue weighted by Crippen LogP contribution is -2.08. The van der Waals surface area contributed by atoms with E-state index in [1.165, 1.54) is 10.6 Å². The molecule has 0 spiro atoms. The number of benzene rings is 1. The van der Waals surface area contributed by atoms with Crippen LogP contribution in [-0.4, -0.2) is 22.1 Å². The van der Waals surface area contributed by atoms with E-state index in [4.69, 9.17) is 5.10 Å². The highest BCUT2D eigenvalue weighted by Crippen LogP contribution is 2.31. The molecule has 0 aliphatic carbocycles. The topological polar surface area (TPSA) is 29.9 Å². The normalized spacial score (nSPS) is 11.2. The van der Waals surface area contributed by atoms with Gasteiger partial charge in [-0.3, -0.25) is 0 Å². The predicted molar refractivity (Wildman–Crippen MR) is 82.1 cm³/mol. The van der Waals surface area contributed by atoms with Crippen LogP contribution in [0.5, 0.6) is 0 Å².